The molecule has 29 heavy (non-hydrogen) atoms. The number of hydrogen-bond acceptors (Lipinski definition) is 5. The second kappa shape index (κ2) is 9.07. The Hall–Kier alpha value is -2.22. The van der Waals surface area contributed by atoms with Crippen molar-refractivity contribution in [3.05, 3.63) is 52.8 Å². The van der Waals surface area contributed by atoms with Gasteiger partial charge in [0.15, 0.2) is 5.69 Å². The van der Waals surface area contributed by atoms with E-state index in [1.807, 2.05) is 27.8 Å². The first-order chi connectivity index (χ1) is 14.2. The summed E-state index contributed by atoms with van der Waals surface area (Å²) in [5.74, 6) is 0.0256. The van der Waals surface area contributed by atoms with E-state index in [-0.39, 0.29) is 5.91 Å². The molecule has 4 rings (SSSR count). The number of carbonyl (C=O) groups is 1. The van der Waals surface area contributed by atoms with E-state index in [1.54, 1.807) is 7.11 Å². The van der Waals surface area contributed by atoms with Gasteiger partial charge < -0.3 is 14.4 Å². The van der Waals surface area contributed by atoms with E-state index in [0.717, 1.165) is 25.1 Å². The molecule has 0 saturated carbocycles. The van der Waals surface area contributed by atoms with Crippen LogP contribution < -0.4 is 0 Å². The molecule has 1 amide bonds. The summed E-state index contributed by atoms with van der Waals surface area (Å²) in [6.07, 6.45) is 0.889. The molecule has 2 aliphatic heterocycles. The normalized spacial score (nSPS) is 18.5. The van der Waals surface area contributed by atoms with Crippen molar-refractivity contribution in [2.75, 3.05) is 46.6 Å². The largest absolute Gasteiger partial charge is 0.383 e. The van der Waals surface area contributed by atoms with Crippen LogP contribution in [0.5, 0.6) is 0 Å². The maximum Gasteiger partial charge on any atom is 0.274 e. The average molecular weight is 399 g/mol. The molecule has 0 radical (unpaired) electrons. The van der Waals surface area contributed by atoms with Crippen LogP contribution in [0, 0.1) is 0 Å². The molecule has 1 aromatic carbocycles. The fourth-order valence-corrected chi connectivity index (χ4v) is 4.21. The Morgan fingerprint density at radius 2 is 1.97 bits per heavy atom. The highest BCUT2D eigenvalue weighted by Crippen LogP contribution is 2.26. The van der Waals surface area contributed by atoms with Crippen LogP contribution in [0.4, 0.5) is 0 Å². The number of ether oxygens (including phenoxy) is 2. The predicted molar refractivity (Wildman–Crippen MR) is 110 cm³/mol. The Balaban J connectivity index is 1.65. The van der Waals surface area contributed by atoms with E-state index in [2.05, 4.69) is 24.0 Å². The molecule has 156 valence electrons. The summed E-state index contributed by atoms with van der Waals surface area (Å²) < 4.78 is 12.8. The van der Waals surface area contributed by atoms with Crippen molar-refractivity contribution in [3.63, 3.8) is 0 Å². The second-order valence-electron chi connectivity index (χ2n) is 7.85. The van der Waals surface area contributed by atoms with Crippen molar-refractivity contribution in [1.82, 2.24) is 19.6 Å². The van der Waals surface area contributed by atoms with Crippen molar-refractivity contribution < 1.29 is 14.3 Å². The van der Waals surface area contributed by atoms with Gasteiger partial charge in [-0.05, 0) is 12.5 Å². The minimum atomic E-state index is 0.0256. The molecule has 1 atom stereocenters. The number of methoxy groups -OCH3 is 1. The third kappa shape index (κ3) is 4.37. The number of benzene rings is 1. The summed E-state index contributed by atoms with van der Waals surface area (Å²) in [5, 5.41) is 4.83. The maximum atomic E-state index is 13.3. The van der Waals surface area contributed by atoms with Gasteiger partial charge in [0.25, 0.3) is 5.91 Å². The van der Waals surface area contributed by atoms with Gasteiger partial charge in [-0.1, -0.05) is 30.3 Å². The van der Waals surface area contributed by atoms with Crippen LogP contribution in [0.3, 0.4) is 0 Å². The standard InChI is InChI=1S/C22H30N4O3/c1-17(16-28-2)25-9-8-20-19(15-25)21(22(27)24-10-12-29-13-11-24)23-26(20)14-18-6-4-3-5-7-18/h3-7,17H,8-16H2,1-2H3. The van der Waals surface area contributed by atoms with Crippen LogP contribution in [0.2, 0.25) is 0 Å². The van der Waals surface area contributed by atoms with Crippen LogP contribution in [-0.4, -0.2) is 78.1 Å². The van der Waals surface area contributed by atoms with E-state index < -0.39 is 0 Å². The zero-order valence-electron chi connectivity index (χ0n) is 17.3. The van der Waals surface area contributed by atoms with Crippen molar-refractivity contribution in [2.24, 2.45) is 0 Å². The molecule has 0 bridgehead atoms. The van der Waals surface area contributed by atoms with Gasteiger partial charge in [-0.15, -0.1) is 0 Å². The van der Waals surface area contributed by atoms with Gasteiger partial charge in [-0.2, -0.15) is 5.10 Å². The van der Waals surface area contributed by atoms with E-state index >= 15 is 0 Å². The Bertz CT molecular complexity index is 830. The third-order valence-electron chi connectivity index (χ3n) is 5.87. The number of morpholine rings is 1. The average Bonchev–Trinajstić information content (AvgIpc) is 3.12. The maximum absolute atomic E-state index is 13.3. The Kier molecular flexibility index (Phi) is 6.28. The van der Waals surface area contributed by atoms with E-state index in [9.17, 15) is 4.79 Å². The third-order valence-corrected chi connectivity index (χ3v) is 5.87. The zero-order valence-corrected chi connectivity index (χ0v) is 17.3. The molecule has 2 aliphatic rings. The molecule has 7 heteroatoms. The van der Waals surface area contributed by atoms with Crippen LogP contribution in [0.25, 0.3) is 0 Å². The van der Waals surface area contributed by atoms with Gasteiger partial charge in [0, 0.05) is 57.0 Å². The number of nitrogens with zero attached hydrogens (tertiary/aromatic N) is 4. The van der Waals surface area contributed by atoms with Gasteiger partial charge in [-0.25, -0.2) is 0 Å². The monoisotopic (exact) mass is 398 g/mol. The first kappa shape index (κ1) is 20.1. The minimum absolute atomic E-state index is 0.0256. The lowest BCUT2D eigenvalue weighted by atomic mass is 10.0. The summed E-state index contributed by atoms with van der Waals surface area (Å²) in [5.41, 5.74) is 4.06. The molecule has 0 N–H and O–H groups in total. The molecular formula is C22H30N4O3. The molecule has 1 aromatic heterocycles. The van der Waals surface area contributed by atoms with Crippen molar-refractivity contribution in [2.45, 2.75) is 32.5 Å². The zero-order chi connectivity index (χ0) is 20.2. The van der Waals surface area contributed by atoms with Crippen molar-refractivity contribution in [3.8, 4) is 0 Å². The molecule has 3 heterocycles. The molecule has 0 aliphatic carbocycles. The lowest BCUT2D eigenvalue weighted by molar-refractivity contribution is 0.0296. The molecular weight excluding hydrogens is 368 g/mol. The molecule has 1 unspecified atom stereocenters. The number of amides is 1. The van der Waals surface area contributed by atoms with Gasteiger partial charge in [0.1, 0.15) is 0 Å². The number of rotatable bonds is 6. The molecule has 1 saturated heterocycles. The fourth-order valence-electron chi connectivity index (χ4n) is 4.21. The highest BCUT2D eigenvalue weighted by Gasteiger charge is 2.32. The highest BCUT2D eigenvalue weighted by atomic mass is 16.5. The Morgan fingerprint density at radius 3 is 2.69 bits per heavy atom. The summed E-state index contributed by atoms with van der Waals surface area (Å²) >= 11 is 0. The smallest absolute Gasteiger partial charge is 0.274 e. The molecule has 0 spiro atoms. The van der Waals surface area contributed by atoms with Crippen LogP contribution in [-0.2, 0) is 29.0 Å². The number of fused-ring (bicyclic) bond motifs is 1. The highest BCUT2D eigenvalue weighted by molar-refractivity contribution is 5.94. The van der Waals surface area contributed by atoms with Crippen molar-refractivity contribution in [1.29, 1.82) is 0 Å². The number of aromatic nitrogens is 2. The number of carbonyl (C=O) groups excluding carboxylic acids is 1. The SMILES string of the molecule is COCC(C)N1CCc2c(c(C(=O)N3CCOCC3)nn2Cc2ccccc2)C1. The second-order valence-corrected chi connectivity index (χ2v) is 7.85. The Labute approximate surface area is 172 Å². The predicted octanol–water partition coefficient (Wildman–Crippen LogP) is 1.80. The summed E-state index contributed by atoms with van der Waals surface area (Å²) in [6.45, 7) is 7.67. The van der Waals surface area contributed by atoms with Crippen molar-refractivity contribution >= 4 is 5.91 Å². The minimum Gasteiger partial charge on any atom is -0.383 e. The summed E-state index contributed by atoms with van der Waals surface area (Å²) in [7, 11) is 1.73. The quantitative estimate of drug-likeness (QED) is 0.743. The molecule has 2 aromatic rings. The lowest BCUT2D eigenvalue weighted by Crippen LogP contribution is -2.43. The number of hydrogen-bond donors (Lipinski definition) is 0. The van der Waals surface area contributed by atoms with E-state index in [4.69, 9.17) is 14.6 Å². The van der Waals surface area contributed by atoms with Gasteiger partial charge in [-0.3, -0.25) is 14.4 Å². The topological polar surface area (TPSA) is 59.8 Å². The fraction of sp³-hybridized carbons (Fsp3) is 0.545. The summed E-state index contributed by atoms with van der Waals surface area (Å²) in [6, 6.07) is 10.6. The van der Waals surface area contributed by atoms with Gasteiger partial charge >= 0.3 is 0 Å². The van der Waals surface area contributed by atoms with E-state index in [1.165, 1.54) is 11.3 Å². The lowest BCUT2D eigenvalue weighted by Gasteiger charge is -2.33. The summed E-state index contributed by atoms with van der Waals surface area (Å²) in [4.78, 5) is 17.5. The molecule has 7 nitrogen and oxygen atoms in total. The first-order valence-electron chi connectivity index (χ1n) is 10.4. The Morgan fingerprint density at radius 1 is 1.21 bits per heavy atom. The van der Waals surface area contributed by atoms with Gasteiger partial charge in [0.2, 0.25) is 0 Å². The molecule has 1 fully saturated rings. The van der Waals surface area contributed by atoms with E-state index in [0.29, 0.717) is 51.2 Å². The first-order valence-corrected chi connectivity index (χ1v) is 10.4. The van der Waals surface area contributed by atoms with Crippen LogP contribution in [0.1, 0.15) is 34.2 Å². The van der Waals surface area contributed by atoms with Crippen LogP contribution >= 0.6 is 0 Å². The van der Waals surface area contributed by atoms with Crippen LogP contribution in [0.15, 0.2) is 30.3 Å². The van der Waals surface area contributed by atoms with Gasteiger partial charge in [0.05, 0.1) is 26.4 Å².